The van der Waals surface area contributed by atoms with Crippen LogP contribution in [-0.2, 0) is 6.54 Å². The number of carbonyl (C=O) groups excluding carboxylic acids is 1. The Morgan fingerprint density at radius 2 is 1.70 bits per heavy atom. The van der Waals surface area contributed by atoms with E-state index in [4.69, 9.17) is 27.9 Å². The minimum atomic E-state index is -0.137. The number of benzene rings is 2. The second-order valence-corrected chi connectivity index (χ2v) is 12.1. The SMILES string of the molecule is C=NC(=N/C=C(\C)Oc1cc(CN2CCC(CNC(=O)NC)CC2)cc(-c2cc(Cl)cc(Cl)c2)c1)N1CCN(CCO)CC1. The number of piperazine rings is 1. The van der Waals surface area contributed by atoms with Gasteiger partial charge in [-0.1, -0.05) is 23.2 Å². The molecule has 0 atom stereocenters. The number of nitrogens with zero attached hydrogens (tertiary/aromatic N) is 5. The molecule has 3 N–H and O–H groups in total. The summed E-state index contributed by atoms with van der Waals surface area (Å²) in [4.78, 5) is 27.0. The molecule has 0 aliphatic carbocycles. The van der Waals surface area contributed by atoms with Gasteiger partial charge in [-0.05, 0) is 98.6 Å². The number of β-amino-alcohol motifs (C(OH)–C–C–N with tert-alkyl or cyclic N) is 1. The molecule has 2 amide bonds. The van der Waals surface area contributed by atoms with E-state index < -0.39 is 0 Å². The molecule has 2 aromatic rings. The predicted octanol–water partition coefficient (Wildman–Crippen LogP) is 4.71. The molecule has 2 saturated heterocycles. The Morgan fingerprint density at radius 1 is 1.02 bits per heavy atom. The quantitative estimate of drug-likeness (QED) is 0.197. The lowest BCUT2D eigenvalue weighted by Crippen LogP contribution is -2.48. The summed E-state index contributed by atoms with van der Waals surface area (Å²) >= 11 is 12.7. The molecule has 44 heavy (non-hydrogen) atoms. The number of guanidine groups is 1. The van der Waals surface area contributed by atoms with E-state index >= 15 is 0 Å². The highest BCUT2D eigenvalue weighted by atomic mass is 35.5. The van der Waals surface area contributed by atoms with Crippen LogP contribution in [-0.4, -0.2) is 105 Å². The number of nitrogens with one attached hydrogen (secondary N) is 2. The Kier molecular flexibility index (Phi) is 12.9. The largest absolute Gasteiger partial charge is 0.460 e. The average Bonchev–Trinajstić information content (AvgIpc) is 3.01. The summed E-state index contributed by atoms with van der Waals surface area (Å²) in [6.45, 7) is 13.0. The third-order valence-electron chi connectivity index (χ3n) is 7.91. The Balaban J connectivity index is 1.48. The van der Waals surface area contributed by atoms with Gasteiger partial charge >= 0.3 is 6.03 Å². The van der Waals surface area contributed by atoms with Gasteiger partial charge in [-0.3, -0.25) is 9.80 Å². The third kappa shape index (κ3) is 10.2. The Labute approximate surface area is 270 Å². The number of piperidine rings is 1. The first-order valence-corrected chi connectivity index (χ1v) is 15.8. The average molecular weight is 645 g/mol. The zero-order valence-corrected chi connectivity index (χ0v) is 27.1. The molecule has 0 bridgehead atoms. The molecule has 0 spiro atoms. The maximum absolute atomic E-state index is 11.6. The highest BCUT2D eigenvalue weighted by Crippen LogP contribution is 2.32. The molecule has 2 aliphatic heterocycles. The number of hydrogen-bond acceptors (Lipinski definition) is 6. The van der Waals surface area contributed by atoms with Crippen LogP contribution in [0, 0.1) is 5.92 Å². The zero-order valence-electron chi connectivity index (χ0n) is 25.6. The molecule has 0 saturated carbocycles. The van der Waals surface area contributed by atoms with Gasteiger partial charge in [-0.2, -0.15) is 0 Å². The molecule has 2 heterocycles. The lowest BCUT2D eigenvalue weighted by Gasteiger charge is -2.34. The van der Waals surface area contributed by atoms with Crippen LogP contribution in [0.3, 0.4) is 0 Å². The number of halogens is 2. The van der Waals surface area contributed by atoms with Gasteiger partial charge in [-0.25, -0.2) is 14.8 Å². The molecular formula is C32H43Cl2N7O3. The second-order valence-electron chi connectivity index (χ2n) is 11.2. The minimum absolute atomic E-state index is 0.137. The summed E-state index contributed by atoms with van der Waals surface area (Å²) in [7, 11) is 1.63. The standard InChI is InChI=1S/C32H43Cl2N7O3/c1-23(20-37-31(35-2)41-10-8-39(9-11-41)12-13-42)44-30-15-25(14-26(18-30)27-16-28(33)19-29(34)17-27)22-40-6-4-24(5-7-40)21-38-32(43)36-3/h14-20,24,42H,2,4-13,21-22H2,1,3H3,(H2,36,38,43)/b23-20+,37-31?. The van der Waals surface area contributed by atoms with E-state index in [1.165, 1.54) is 0 Å². The Morgan fingerprint density at radius 3 is 2.34 bits per heavy atom. The van der Waals surface area contributed by atoms with Crippen LogP contribution in [0.15, 0.2) is 58.3 Å². The number of carbonyl (C=O) groups is 1. The van der Waals surface area contributed by atoms with Crippen molar-refractivity contribution >= 4 is 41.9 Å². The van der Waals surface area contributed by atoms with E-state index in [2.05, 4.69) is 54.2 Å². The summed E-state index contributed by atoms with van der Waals surface area (Å²) in [5, 5.41) is 15.9. The molecule has 10 nitrogen and oxygen atoms in total. The van der Waals surface area contributed by atoms with Crippen molar-refractivity contribution in [1.29, 1.82) is 0 Å². The number of urea groups is 1. The highest BCUT2D eigenvalue weighted by Gasteiger charge is 2.21. The van der Waals surface area contributed by atoms with Crippen molar-refractivity contribution in [2.24, 2.45) is 15.9 Å². The predicted molar refractivity (Wildman–Crippen MR) is 179 cm³/mol. The molecule has 0 radical (unpaired) electrons. The number of aliphatic hydroxyl groups is 1. The van der Waals surface area contributed by atoms with E-state index in [1.807, 2.05) is 25.1 Å². The summed E-state index contributed by atoms with van der Waals surface area (Å²) in [6.07, 6.45) is 3.71. The topological polar surface area (TPSA) is 105 Å². The van der Waals surface area contributed by atoms with Crippen LogP contribution in [0.25, 0.3) is 11.1 Å². The first kappa shape index (κ1) is 33.7. The van der Waals surface area contributed by atoms with Gasteiger partial charge in [0.25, 0.3) is 0 Å². The maximum Gasteiger partial charge on any atom is 0.314 e. The summed E-state index contributed by atoms with van der Waals surface area (Å²) in [5.41, 5.74) is 2.98. The van der Waals surface area contributed by atoms with E-state index in [0.717, 1.165) is 75.3 Å². The van der Waals surface area contributed by atoms with Crippen LogP contribution >= 0.6 is 23.2 Å². The fourth-order valence-corrected chi connectivity index (χ4v) is 6.05. The van der Waals surface area contributed by atoms with Gasteiger partial charge in [0.2, 0.25) is 5.96 Å². The Hall–Kier alpha value is -3.15. The van der Waals surface area contributed by atoms with E-state index in [1.54, 1.807) is 19.3 Å². The molecule has 0 unspecified atom stereocenters. The smallest absolute Gasteiger partial charge is 0.314 e. The molecule has 2 fully saturated rings. The molecule has 4 rings (SSSR count). The summed E-state index contributed by atoms with van der Waals surface area (Å²) in [6, 6.07) is 11.6. The van der Waals surface area contributed by atoms with Crippen LogP contribution in [0.1, 0.15) is 25.3 Å². The molecule has 2 aliphatic rings. The van der Waals surface area contributed by atoms with Gasteiger partial charge in [0.15, 0.2) is 0 Å². The number of amides is 2. The van der Waals surface area contributed by atoms with Crippen LogP contribution in [0.4, 0.5) is 4.79 Å². The number of hydrogen-bond donors (Lipinski definition) is 3. The lowest BCUT2D eigenvalue weighted by molar-refractivity contribution is 0.146. The van der Waals surface area contributed by atoms with Crippen molar-refractivity contribution in [1.82, 2.24) is 25.3 Å². The van der Waals surface area contributed by atoms with Gasteiger partial charge in [0.1, 0.15) is 11.5 Å². The van der Waals surface area contributed by atoms with Gasteiger partial charge in [0, 0.05) is 62.9 Å². The van der Waals surface area contributed by atoms with Crippen molar-refractivity contribution < 1.29 is 14.6 Å². The third-order valence-corrected chi connectivity index (χ3v) is 8.34. The fraction of sp³-hybridized carbons (Fsp3) is 0.469. The fourth-order valence-electron chi connectivity index (χ4n) is 5.53. The van der Waals surface area contributed by atoms with Gasteiger partial charge < -0.3 is 25.4 Å². The number of aliphatic hydroxyl groups excluding tert-OH is 1. The molecular weight excluding hydrogens is 601 g/mol. The normalized spacial score (nSPS) is 17.4. The van der Waals surface area contributed by atoms with Crippen molar-refractivity contribution in [2.45, 2.75) is 26.3 Å². The first-order valence-electron chi connectivity index (χ1n) is 15.0. The number of allylic oxidation sites excluding steroid dienone is 1. The minimum Gasteiger partial charge on any atom is -0.460 e. The summed E-state index contributed by atoms with van der Waals surface area (Å²) in [5.74, 6) is 2.32. The molecule has 238 valence electrons. The second kappa shape index (κ2) is 16.8. The molecule has 2 aromatic carbocycles. The van der Waals surface area contributed by atoms with Crippen LogP contribution < -0.4 is 15.4 Å². The summed E-state index contributed by atoms with van der Waals surface area (Å²) < 4.78 is 6.29. The van der Waals surface area contributed by atoms with Gasteiger partial charge in [-0.15, -0.1) is 0 Å². The number of aliphatic imine (C=N–C) groups is 2. The number of ether oxygens (including phenoxy) is 1. The van der Waals surface area contributed by atoms with Crippen molar-refractivity contribution in [3.63, 3.8) is 0 Å². The van der Waals surface area contributed by atoms with Crippen molar-refractivity contribution in [3.05, 3.63) is 64.0 Å². The van der Waals surface area contributed by atoms with Gasteiger partial charge in [0.05, 0.1) is 12.8 Å². The number of rotatable bonds is 10. The van der Waals surface area contributed by atoms with E-state index in [-0.39, 0.29) is 12.6 Å². The molecule has 0 aromatic heterocycles. The van der Waals surface area contributed by atoms with Crippen LogP contribution in [0.5, 0.6) is 5.75 Å². The van der Waals surface area contributed by atoms with E-state index in [0.29, 0.717) is 46.5 Å². The zero-order chi connectivity index (χ0) is 31.5. The highest BCUT2D eigenvalue weighted by molar-refractivity contribution is 6.35. The van der Waals surface area contributed by atoms with E-state index in [9.17, 15) is 9.90 Å². The maximum atomic E-state index is 11.6. The number of likely N-dealkylation sites (tertiary alicyclic amines) is 1. The van der Waals surface area contributed by atoms with Crippen LogP contribution in [0.2, 0.25) is 10.0 Å². The lowest BCUT2D eigenvalue weighted by atomic mass is 9.96. The first-order chi connectivity index (χ1) is 21.3. The molecule has 12 heteroatoms. The Bertz CT molecular complexity index is 1320. The monoisotopic (exact) mass is 643 g/mol. The van der Waals surface area contributed by atoms with Crippen molar-refractivity contribution in [2.75, 3.05) is 66.0 Å². The van der Waals surface area contributed by atoms with Crippen molar-refractivity contribution in [3.8, 4) is 16.9 Å².